The van der Waals surface area contributed by atoms with Crippen LogP contribution in [0.2, 0.25) is 0 Å². The minimum atomic E-state index is -5.15. The van der Waals surface area contributed by atoms with Crippen molar-refractivity contribution in [2.45, 2.75) is 90.6 Å². The molecule has 13 heteroatoms. The first kappa shape index (κ1) is 27.9. The van der Waals surface area contributed by atoms with Gasteiger partial charge in [-0.2, -0.15) is 18.4 Å². The van der Waals surface area contributed by atoms with Crippen LogP contribution in [0.4, 0.5) is 13.2 Å². The second kappa shape index (κ2) is 9.54. The number of hydrogen-bond acceptors (Lipinski definition) is 6. The minimum absolute atomic E-state index is 0.0152. The zero-order chi connectivity index (χ0) is 28.2. The summed E-state index contributed by atoms with van der Waals surface area (Å²) in [5.74, 6) is -2.99. The lowest BCUT2D eigenvalue weighted by Crippen LogP contribution is -2.61. The number of likely N-dealkylation sites (tertiary alicyclic amines) is 1. The molecule has 6 atom stereocenters. The Bertz CT molecular complexity index is 1150. The summed E-state index contributed by atoms with van der Waals surface area (Å²) < 4.78 is 41.0. The first-order valence-electron chi connectivity index (χ1n) is 12.8. The zero-order valence-corrected chi connectivity index (χ0v) is 22.2. The fourth-order valence-corrected chi connectivity index (χ4v) is 6.14. The summed E-state index contributed by atoms with van der Waals surface area (Å²) in [6.07, 6.45) is -1.50. The predicted octanol–water partition coefficient (Wildman–Crippen LogP) is 2.13. The van der Waals surface area contributed by atoms with E-state index in [4.69, 9.17) is 0 Å². The summed E-state index contributed by atoms with van der Waals surface area (Å²) in [6.45, 7) is 9.59. The molecule has 2 N–H and O–H groups in total. The quantitative estimate of drug-likeness (QED) is 0.571. The molecule has 0 aromatic carbocycles. The van der Waals surface area contributed by atoms with Crippen LogP contribution in [0.25, 0.3) is 0 Å². The van der Waals surface area contributed by atoms with Crippen molar-refractivity contribution >= 4 is 17.7 Å². The number of piperidine rings is 1. The van der Waals surface area contributed by atoms with Crippen LogP contribution in [0.1, 0.15) is 65.6 Å². The number of rotatable bonds is 6. The number of aryl methyl sites for hydroxylation is 1. The third-order valence-electron chi connectivity index (χ3n) is 8.36. The van der Waals surface area contributed by atoms with Gasteiger partial charge in [0.05, 0.1) is 6.07 Å². The van der Waals surface area contributed by atoms with Crippen LogP contribution in [-0.4, -0.2) is 68.2 Å². The third-order valence-corrected chi connectivity index (χ3v) is 8.36. The number of hydrogen-bond donors (Lipinski definition) is 2. The number of amides is 3. The van der Waals surface area contributed by atoms with E-state index in [1.165, 1.54) is 4.90 Å². The molecule has 2 fully saturated rings. The molecule has 38 heavy (non-hydrogen) atoms. The molecule has 2 aliphatic heterocycles. The molecule has 208 valence electrons. The highest BCUT2D eigenvalue weighted by atomic mass is 19.4. The number of carbonyl (C=O) groups is 3. The maximum absolute atomic E-state index is 13.6. The Labute approximate surface area is 219 Å². The molecule has 1 aliphatic carbocycles. The standard InChI is InChI=1S/C25H34F3N7O3/c1-23(2,3)18(32-22(38)25(26,27)28)21(37)35-11-15-16(24(15,4)5)17(35)20(36)31-14(10-29)9-13-7-6-8-34-12-30-33-19(13)34/h12-18H,6-9,11H2,1-5H3,(H,31,36)(H,32,38)/t13?,14-,15-,16-,17-,18+/m0/s1. The first-order valence-corrected chi connectivity index (χ1v) is 12.8. The van der Waals surface area contributed by atoms with Crippen molar-refractivity contribution in [3.63, 3.8) is 0 Å². The molecule has 0 bridgehead atoms. The Hall–Kier alpha value is -3.17. The summed E-state index contributed by atoms with van der Waals surface area (Å²) >= 11 is 0. The summed E-state index contributed by atoms with van der Waals surface area (Å²) in [5, 5.41) is 22.6. The Kier molecular flexibility index (Phi) is 6.99. The summed E-state index contributed by atoms with van der Waals surface area (Å²) in [7, 11) is 0. The van der Waals surface area contributed by atoms with E-state index in [0.717, 1.165) is 25.2 Å². The van der Waals surface area contributed by atoms with E-state index in [0.29, 0.717) is 6.42 Å². The zero-order valence-electron chi connectivity index (χ0n) is 22.2. The molecule has 3 heterocycles. The van der Waals surface area contributed by atoms with Crippen molar-refractivity contribution < 1.29 is 27.6 Å². The van der Waals surface area contributed by atoms with Crippen LogP contribution in [-0.2, 0) is 20.9 Å². The van der Waals surface area contributed by atoms with Gasteiger partial charge in [-0.05, 0) is 41.9 Å². The van der Waals surface area contributed by atoms with Crippen LogP contribution >= 0.6 is 0 Å². The second-order valence-corrected chi connectivity index (χ2v) is 12.3. The van der Waals surface area contributed by atoms with Gasteiger partial charge in [0.1, 0.15) is 30.3 Å². The molecule has 1 aromatic heterocycles. The maximum Gasteiger partial charge on any atom is 0.471 e. The van der Waals surface area contributed by atoms with Gasteiger partial charge < -0.3 is 20.1 Å². The number of halogens is 3. The van der Waals surface area contributed by atoms with Gasteiger partial charge >= 0.3 is 12.1 Å². The van der Waals surface area contributed by atoms with Gasteiger partial charge in [0, 0.05) is 19.0 Å². The van der Waals surface area contributed by atoms with Gasteiger partial charge in [-0.1, -0.05) is 34.6 Å². The van der Waals surface area contributed by atoms with Gasteiger partial charge in [0.2, 0.25) is 11.8 Å². The van der Waals surface area contributed by atoms with Gasteiger partial charge in [-0.15, -0.1) is 10.2 Å². The van der Waals surface area contributed by atoms with E-state index in [1.54, 1.807) is 27.1 Å². The molecule has 0 radical (unpaired) electrons. The number of aromatic nitrogens is 3. The van der Waals surface area contributed by atoms with Crippen LogP contribution in [0, 0.1) is 34.0 Å². The van der Waals surface area contributed by atoms with E-state index in [1.807, 2.05) is 23.7 Å². The topological polar surface area (TPSA) is 133 Å². The van der Waals surface area contributed by atoms with E-state index >= 15 is 0 Å². The van der Waals surface area contributed by atoms with E-state index in [-0.39, 0.29) is 29.7 Å². The lowest BCUT2D eigenvalue weighted by atomic mass is 9.85. The lowest BCUT2D eigenvalue weighted by molar-refractivity contribution is -0.176. The van der Waals surface area contributed by atoms with Crippen molar-refractivity contribution in [3.05, 3.63) is 12.2 Å². The van der Waals surface area contributed by atoms with Crippen LogP contribution in [0.5, 0.6) is 0 Å². The predicted molar refractivity (Wildman–Crippen MR) is 128 cm³/mol. The maximum atomic E-state index is 13.6. The molecule has 10 nitrogen and oxygen atoms in total. The van der Waals surface area contributed by atoms with Crippen LogP contribution in [0.3, 0.4) is 0 Å². The summed E-state index contributed by atoms with van der Waals surface area (Å²) in [6, 6.07) is -1.17. The Balaban J connectivity index is 1.53. The van der Waals surface area contributed by atoms with Crippen LogP contribution in [0.15, 0.2) is 6.33 Å². The van der Waals surface area contributed by atoms with E-state index in [9.17, 15) is 32.8 Å². The van der Waals surface area contributed by atoms with E-state index < -0.39 is 47.4 Å². The molecular formula is C25H34F3N7O3. The Morgan fingerprint density at radius 2 is 1.92 bits per heavy atom. The summed E-state index contributed by atoms with van der Waals surface area (Å²) in [5.41, 5.74) is -1.29. The monoisotopic (exact) mass is 537 g/mol. The molecule has 3 aliphatic rings. The average molecular weight is 538 g/mol. The fourth-order valence-electron chi connectivity index (χ4n) is 6.14. The largest absolute Gasteiger partial charge is 0.471 e. The molecule has 0 spiro atoms. The second-order valence-electron chi connectivity index (χ2n) is 12.3. The molecule has 4 rings (SSSR count). The fraction of sp³-hybridized carbons (Fsp3) is 0.760. The number of fused-ring (bicyclic) bond motifs is 2. The molecule has 3 amide bonds. The smallest absolute Gasteiger partial charge is 0.339 e. The number of nitrogens with zero attached hydrogens (tertiary/aromatic N) is 5. The van der Waals surface area contributed by atoms with Gasteiger partial charge in [-0.3, -0.25) is 14.4 Å². The van der Waals surface area contributed by atoms with Crippen LogP contribution < -0.4 is 10.6 Å². The lowest BCUT2D eigenvalue weighted by Gasteiger charge is -2.38. The molecule has 1 saturated heterocycles. The molecule has 1 saturated carbocycles. The highest BCUT2D eigenvalue weighted by Crippen LogP contribution is 2.65. The van der Waals surface area contributed by atoms with Gasteiger partial charge in [0.15, 0.2) is 0 Å². The summed E-state index contributed by atoms with van der Waals surface area (Å²) in [4.78, 5) is 40.2. The highest BCUT2D eigenvalue weighted by Gasteiger charge is 2.70. The average Bonchev–Trinajstić information content (AvgIpc) is 3.24. The Morgan fingerprint density at radius 1 is 1.24 bits per heavy atom. The third kappa shape index (κ3) is 5.09. The molecule has 1 aromatic rings. The minimum Gasteiger partial charge on any atom is -0.339 e. The SMILES string of the molecule is CC(C)(C)[C@H](NC(=O)C(F)(F)F)C(=O)N1C[C@H]2[C@@H]([C@H]1C(=O)N[C@H](C#N)CC1CCCn3cnnc31)C2(C)C. The Morgan fingerprint density at radius 3 is 2.53 bits per heavy atom. The normalized spacial score (nSPS) is 27.4. The van der Waals surface area contributed by atoms with E-state index in [2.05, 4.69) is 21.6 Å². The number of alkyl halides is 3. The van der Waals surface area contributed by atoms with Crippen molar-refractivity contribution in [1.82, 2.24) is 30.3 Å². The number of nitrogens with one attached hydrogen (secondary N) is 2. The molecule has 1 unspecified atom stereocenters. The van der Waals surface area contributed by atoms with Crippen molar-refractivity contribution in [1.29, 1.82) is 5.26 Å². The highest BCUT2D eigenvalue weighted by molar-refractivity contribution is 5.95. The first-order chi connectivity index (χ1) is 17.6. The number of carbonyl (C=O) groups excluding carboxylic acids is 3. The van der Waals surface area contributed by atoms with Gasteiger partial charge in [-0.25, -0.2) is 0 Å². The van der Waals surface area contributed by atoms with Crippen molar-refractivity contribution in [3.8, 4) is 6.07 Å². The van der Waals surface area contributed by atoms with Crippen molar-refractivity contribution in [2.24, 2.45) is 22.7 Å². The number of nitriles is 1. The van der Waals surface area contributed by atoms with Crippen molar-refractivity contribution in [2.75, 3.05) is 6.54 Å². The van der Waals surface area contributed by atoms with Gasteiger partial charge in [0.25, 0.3) is 0 Å². The molecular weight excluding hydrogens is 503 g/mol.